The molecule has 4 rings (SSSR count). The summed E-state index contributed by atoms with van der Waals surface area (Å²) in [7, 11) is 0. The second kappa shape index (κ2) is 7.31. The van der Waals surface area contributed by atoms with E-state index in [0.717, 1.165) is 31.8 Å². The van der Waals surface area contributed by atoms with Crippen molar-refractivity contribution >= 4 is 5.69 Å². The number of anilines is 1. The normalized spacial score (nSPS) is 24.7. The standard InChI is InChI=1S/C22H22N4O/c1-16-22-12-21(27-20-4-2-3-18(11-20)14-24)15-25(22)9-10-26(16)19-7-5-17(13-23)6-8-19/h2-8,11,16,21-22H,9-10,12,15H2,1H3/t16?,21-,22-/m0/s1. The number of piperazine rings is 1. The van der Waals surface area contributed by atoms with Gasteiger partial charge in [0, 0.05) is 43.8 Å². The zero-order chi connectivity index (χ0) is 18.8. The average Bonchev–Trinajstić information content (AvgIpc) is 3.12. The lowest BCUT2D eigenvalue weighted by Gasteiger charge is -2.44. The van der Waals surface area contributed by atoms with Crippen LogP contribution in [0.2, 0.25) is 0 Å². The minimum absolute atomic E-state index is 0.146. The van der Waals surface area contributed by atoms with E-state index in [1.165, 1.54) is 5.69 Å². The highest BCUT2D eigenvalue weighted by molar-refractivity contribution is 5.51. The molecule has 1 unspecified atom stereocenters. The molecule has 2 aliphatic heterocycles. The topological polar surface area (TPSA) is 63.3 Å². The van der Waals surface area contributed by atoms with E-state index in [4.69, 9.17) is 15.3 Å². The molecule has 0 radical (unpaired) electrons. The van der Waals surface area contributed by atoms with Gasteiger partial charge in [-0.2, -0.15) is 10.5 Å². The van der Waals surface area contributed by atoms with Crippen LogP contribution in [-0.2, 0) is 0 Å². The summed E-state index contributed by atoms with van der Waals surface area (Å²) in [5.41, 5.74) is 2.50. The summed E-state index contributed by atoms with van der Waals surface area (Å²) in [5.74, 6) is 0.774. The quantitative estimate of drug-likeness (QED) is 0.843. The van der Waals surface area contributed by atoms with Crippen molar-refractivity contribution in [2.75, 3.05) is 24.5 Å². The molecule has 0 spiro atoms. The van der Waals surface area contributed by atoms with Gasteiger partial charge < -0.3 is 9.64 Å². The fourth-order valence-electron chi connectivity index (χ4n) is 4.31. The monoisotopic (exact) mass is 358 g/mol. The third kappa shape index (κ3) is 3.47. The van der Waals surface area contributed by atoms with Gasteiger partial charge in [0.05, 0.1) is 23.3 Å². The predicted octanol–water partition coefficient (Wildman–Crippen LogP) is 3.16. The first-order valence-electron chi connectivity index (χ1n) is 9.35. The Kier molecular flexibility index (Phi) is 4.71. The SMILES string of the molecule is CC1[C@@H]2C[C@H](Oc3cccc(C#N)c3)CN2CCN1c1ccc(C#N)cc1. The molecule has 0 bridgehead atoms. The zero-order valence-electron chi connectivity index (χ0n) is 15.4. The van der Waals surface area contributed by atoms with Gasteiger partial charge in [0.1, 0.15) is 11.9 Å². The second-order valence-electron chi connectivity index (χ2n) is 7.27. The Morgan fingerprint density at radius 2 is 1.78 bits per heavy atom. The van der Waals surface area contributed by atoms with Crippen molar-refractivity contribution in [3.63, 3.8) is 0 Å². The Hall–Kier alpha value is -3.02. The van der Waals surface area contributed by atoms with Crippen LogP contribution in [0.3, 0.4) is 0 Å². The summed E-state index contributed by atoms with van der Waals surface area (Å²) < 4.78 is 6.18. The van der Waals surface area contributed by atoms with Crippen molar-refractivity contribution < 1.29 is 4.74 Å². The third-order valence-electron chi connectivity index (χ3n) is 5.68. The van der Waals surface area contributed by atoms with Crippen molar-refractivity contribution in [2.45, 2.75) is 31.5 Å². The molecule has 0 saturated carbocycles. The Balaban J connectivity index is 1.45. The van der Waals surface area contributed by atoms with Crippen LogP contribution in [0.25, 0.3) is 0 Å². The average molecular weight is 358 g/mol. The first-order chi connectivity index (χ1) is 13.2. The first kappa shape index (κ1) is 17.4. The number of benzene rings is 2. The third-order valence-corrected chi connectivity index (χ3v) is 5.68. The van der Waals surface area contributed by atoms with Gasteiger partial charge in [-0.3, -0.25) is 4.90 Å². The van der Waals surface area contributed by atoms with E-state index in [-0.39, 0.29) is 6.10 Å². The van der Waals surface area contributed by atoms with E-state index < -0.39 is 0 Å². The number of nitrogens with zero attached hydrogens (tertiary/aromatic N) is 4. The lowest BCUT2D eigenvalue weighted by atomic mass is 10.0. The summed E-state index contributed by atoms with van der Waals surface area (Å²) in [6, 6.07) is 20.4. The number of rotatable bonds is 3. The van der Waals surface area contributed by atoms with Crippen LogP contribution in [0.1, 0.15) is 24.5 Å². The van der Waals surface area contributed by atoms with Crippen LogP contribution in [0.15, 0.2) is 48.5 Å². The highest BCUT2D eigenvalue weighted by Gasteiger charge is 2.41. The number of nitriles is 2. The molecule has 0 N–H and O–H groups in total. The summed E-state index contributed by atoms with van der Waals surface area (Å²) in [6.45, 7) is 5.17. The number of hydrogen-bond acceptors (Lipinski definition) is 5. The smallest absolute Gasteiger partial charge is 0.121 e. The Morgan fingerprint density at radius 3 is 2.52 bits per heavy atom. The highest BCUT2D eigenvalue weighted by atomic mass is 16.5. The molecule has 2 fully saturated rings. The van der Waals surface area contributed by atoms with E-state index in [0.29, 0.717) is 23.2 Å². The Bertz CT molecular complexity index is 896. The maximum absolute atomic E-state index is 9.06. The minimum atomic E-state index is 0.146. The van der Waals surface area contributed by atoms with Gasteiger partial charge in [0.2, 0.25) is 0 Å². The molecule has 136 valence electrons. The Morgan fingerprint density at radius 1 is 1.00 bits per heavy atom. The molecule has 2 aromatic carbocycles. The van der Waals surface area contributed by atoms with Gasteiger partial charge in [0.15, 0.2) is 0 Å². The van der Waals surface area contributed by atoms with Crippen molar-refractivity contribution in [3.05, 3.63) is 59.7 Å². The highest BCUT2D eigenvalue weighted by Crippen LogP contribution is 2.32. The molecule has 2 aliphatic rings. The number of ether oxygens (including phenoxy) is 1. The molecule has 0 aromatic heterocycles. The predicted molar refractivity (Wildman–Crippen MR) is 104 cm³/mol. The van der Waals surface area contributed by atoms with Gasteiger partial charge in [-0.25, -0.2) is 0 Å². The summed E-state index contributed by atoms with van der Waals surface area (Å²) in [4.78, 5) is 4.95. The van der Waals surface area contributed by atoms with Gasteiger partial charge in [-0.15, -0.1) is 0 Å². The molecule has 2 aromatic rings. The van der Waals surface area contributed by atoms with Crippen LogP contribution >= 0.6 is 0 Å². The van der Waals surface area contributed by atoms with Crippen LogP contribution in [0.4, 0.5) is 5.69 Å². The van der Waals surface area contributed by atoms with Crippen LogP contribution in [0.5, 0.6) is 5.75 Å². The van der Waals surface area contributed by atoms with E-state index in [1.807, 2.05) is 42.5 Å². The van der Waals surface area contributed by atoms with Gasteiger partial charge in [-0.1, -0.05) is 6.07 Å². The van der Waals surface area contributed by atoms with Gasteiger partial charge >= 0.3 is 0 Å². The van der Waals surface area contributed by atoms with E-state index in [1.54, 1.807) is 6.07 Å². The summed E-state index contributed by atoms with van der Waals surface area (Å²) >= 11 is 0. The zero-order valence-corrected chi connectivity index (χ0v) is 15.4. The molecule has 2 saturated heterocycles. The lowest BCUT2D eigenvalue weighted by Crippen LogP contribution is -2.56. The molecule has 0 aliphatic carbocycles. The van der Waals surface area contributed by atoms with E-state index in [9.17, 15) is 0 Å². The second-order valence-corrected chi connectivity index (χ2v) is 7.27. The van der Waals surface area contributed by atoms with E-state index in [2.05, 4.69) is 28.9 Å². The Labute approximate surface area is 160 Å². The fourth-order valence-corrected chi connectivity index (χ4v) is 4.31. The molecule has 27 heavy (non-hydrogen) atoms. The molecule has 5 heteroatoms. The first-order valence-corrected chi connectivity index (χ1v) is 9.35. The van der Waals surface area contributed by atoms with Crippen molar-refractivity contribution in [1.82, 2.24) is 4.90 Å². The molecule has 2 heterocycles. The number of fused-ring (bicyclic) bond motifs is 1. The van der Waals surface area contributed by atoms with Gasteiger partial charge in [0.25, 0.3) is 0 Å². The number of hydrogen-bond donors (Lipinski definition) is 0. The lowest BCUT2D eigenvalue weighted by molar-refractivity contribution is 0.180. The molecule has 3 atom stereocenters. The van der Waals surface area contributed by atoms with Crippen molar-refractivity contribution in [3.8, 4) is 17.9 Å². The van der Waals surface area contributed by atoms with Crippen LogP contribution in [0, 0.1) is 22.7 Å². The maximum Gasteiger partial charge on any atom is 0.121 e. The van der Waals surface area contributed by atoms with E-state index >= 15 is 0 Å². The summed E-state index contributed by atoms with van der Waals surface area (Å²) in [5, 5.41) is 18.1. The van der Waals surface area contributed by atoms with Crippen LogP contribution < -0.4 is 9.64 Å². The molecule has 0 amide bonds. The van der Waals surface area contributed by atoms with Crippen molar-refractivity contribution in [1.29, 1.82) is 10.5 Å². The molecular formula is C22H22N4O. The minimum Gasteiger partial charge on any atom is -0.489 e. The molecule has 5 nitrogen and oxygen atoms in total. The van der Waals surface area contributed by atoms with Gasteiger partial charge in [-0.05, 0) is 49.4 Å². The molecular weight excluding hydrogens is 336 g/mol. The summed E-state index contributed by atoms with van der Waals surface area (Å²) in [6.07, 6.45) is 1.12. The maximum atomic E-state index is 9.06. The largest absolute Gasteiger partial charge is 0.489 e. The van der Waals surface area contributed by atoms with Crippen molar-refractivity contribution in [2.24, 2.45) is 0 Å². The van der Waals surface area contributed by atoms with Crippen LogP contribution in [-0.4, -0.2) is 42.7 Å². The fraction of sp³-hybridized carbons (Fsp3) is 0.364.